The minimum absolute atomic E-state index is 0.529. The molecule has 2 rings (SSSR count). The van der Waals surface area contributed by atoms with Gasteiger partial charge in [-0.05, 0) is 36.3 Å². The van der Waals surface area contributed by atoms with Crippen molar-refractivity contribution < 1.29 is 4.74 Å². The van der Waals surface area contributed by atoms with Gasteiger partial charge in [0.25, 0.3) is 0 Å². The molecular weight excluding hydrogens is 258 g/mol. The molecule has 0 aliphatic rings. The third-order valence-electron chi connectivity index (χ3n) is 2.81. The summed E-state index contributed by atoms with van der Waals surface area (Å²) in [5.74, 6) is 0.529. The fourth-order valence-corrected chi connectivity index (χ4v) is 2.22. The van der Waals surface area contributed by atoms with Crippen LogP contribution in [0.2, 0.25) is 0 Å². The summed E-state index contributed by atoms with van der Waals surface area (Å²) in [5, 5.41) is 8.95. The van der Waals surface area contributed by atoms with E-state index < -0.39 is 0 Å². The van der Waals surface area contributed by atoms with Gasteiger partial charge in [0.1, 0.15) is 0 Å². The van der Waals surface area contributed by atoms with E-state index in [2.05, 4.69) is 24.9 Å². The van der Waals surface area contributed by atoms with E-state index in [1.165, 1.54) is 0 Å². The van der Waals surface area contributed by atoms with E-state index in [0.29, 0.717) is 29.4 Å². The average molecular weight is 275 g/mol. The van der Waals surface area contributed by atoms with Crippen molar-refractivity contribution in [1.29, 1.82) is 5.26 Å². The Bertz CT molecular complexity index is 663. The van der Waals surface area contributed by atoms with Crippen LogP contribution >= 0.6 is 12.2 Å². The van der Waals surface area contributed by atoms with Gasteiger partial charge in [-0.1, -0.05) is 13.8 Å². The van der Waals surface area contributed by atoms with Crippen molar-refractivity contribution in [3.8, 4) is 6.07 Å². The van der Waals surface area contributed by atoms with Gasteiger partial charge in [-0.3, -0.25) is 0 Å². The first kappa shape index (κ1) is 13.8. The van der Waals surface area contributed by atoms with E-state index >= 15 is 0 Å². The van der Waals surface area contributed by atoms with Crippen LogP contribution < -0.4 is 0 Å². The van der Waals surface area contributed by atoms with Crippen molar-refractivity contribution in [3.63, 3.8) is 0 Å². The van der Waals surface area contributed by atoms with Gasteiger partial charge in [-0.25, -0.2) is 0 Å². The van der Waals surface area contributed by atoms with E-state index in [1.807, 2.05) is 16.7 Å². The molecule has 1 aromatic heterocycles. The number of fused-ring (bicyclic) bond motifs is 1. The van der Waals surface area contributed by atoms with Crippen LogP contribution in [-0.2, 0) is 11.3 Å². The zero-order chi connectivity index (χ0) is 13.8. The molecular formula is C14H17N3OS. The van der Waals surface area contributed by atoms with Crippen molar-refractivity contribution >= 4 is 23.3 Å². The van der Waals surface area contributed by atoms with Gasteiger partial charge >= 0.3 is 0 Å². The van der Waals surface area contributed by atoms with Crippen molar-refractivity contribution in [2.75, 3.05) is 13.2 Å². The normalized spacial score (nSPS) is 11.1. The number of hydrogen-bond acceptors (Lipinski definition) is 3. The minimum Gasteiger partial charge on any atom is -0.379 e. The van der Waals surface area contributed by atoms with Gasteiger partial charge in [-0.2, -0.15) is 5.26 Å². The lowest BCUT2D eigenvalue weighted by Gasteiger charge is -2.08. The fourth-order valence-electron chi connectivity index (χ4n) is 1.92. The van der Waals surface area contributed by atoms with Gasteiger partial charge < -0.3 is 14.3 Å². The van der Waals surface area contributed by atoms with Crippen LogP contribution in [-0.4, -0.2) is 22.8 Å². The second-order valence-corrected chi connectivity index (χ2v) is 5.28. The molecule has 0 saturated carbocycles. The first-order valence-corrected chi connectivity index (χ1v) is 6.73. The SMILES string of the molecule is CC(C)COCCn1c(=S)[nH]c2ccc(C#N)cc21. The molecule has 4 nitrogen and oxygen atoms in total. The molecule has 1 heterocycles. The number of hydrogen-bond donors (Lipinski definition) is 1. The largest absolute Gasteiger partial charge is 0.379 e. The molecule has 0 aliphatic heterocycles. The lowest BCUT2D eigenvalue weighted by Crippen LogP contribution is -2.09. The van der Waals surface area contributed by atoms with Gasteiger partial charge in [0.15, 0.2) is 4.77 Å². The summed E-state index contributed by atoms with van der Waals surface area (Å²) in [6.07, 6.45) is 0. The fraction of sp³-hybridized carbons (Fsp3) is 0.429. The molecule has 1 aromatic carbocycles. The molecule has 1 N–H and O–H groups in total. The molecule has 0 spiro atoms. The Kier molecular flexibility index (Phi) is 4.35. The number of nitrogens with zero attached hydrogens (tertiary/aromatic N) is 2. The van der Waals surface area contributed by atoms with E-state index in [-0.39, 0.29) is 0 Å². The van der Waals surface area contributed by atoms with Gasteiger partial charge in [0, 0.05) is 13.2 Å². The molecule has 5 heteroatoms. The molecule has 0 unspecified atom stereocenters. The molecule has 0 saturated heterocycles. The number of benzene rings is 1. The number of rotatable bonds is 5. The number of imidazole rings is 1. The first-order valence-electron chi connectivity index (χ1n) is 6.32. The summed E-state index contributed by atoms with van der Waals surface area (Å²) in [4.78, 5) is 3.14. The number of aromatic amines is 1. The van der Waals surface area contributed by atoms with Crippen LogP contribution in [0.25, 0.3) is 11.0 Å². The third-order valence-corrected chi connectivity index (χ3v) is 3.14. The predicted molar refractivity (Wildman–Crippen MR) is 77.5 cm³/mol. The molecule has 0 aliphatic carbocycles. The molecule has 0 radical (unpaired) electrons. The summed E-state index contributed by atoms with van der Waals surface area (Å²) in [5.41, 5.74) is 2.54. The Morgan fingerprint density at radius 3 is 2.95 bits per heavy atom. The van der Waals surface area contributed by atoms with E-state index in [0.717, 1.165) is 17.6 Å². The monoisotopic (exact) mass is 275 g/mol. The summed E-state index contributed by atoms with van der Waals surface area (Å²) in [7, 11) is 0. The van der Waals surface area contributed by atoms with Crippen molar-refractivity contribution in [2.24, 2.45) is 5.92 Å². The number of aromatic nitrogens is 2. The highest BCUT2D eigenvalue weighted by molar-refractivity contribution is 7.71. The minimum atomic E-state index is 0.529. The molecule has 100 valence electrons. The zero-order valence-electron chi connectivity index (χ0n) is 11.1. The Morgan fingerprint density at radius 1 is 1.47 bits per heavy atom. The number of nitriles is 1. The maximum absolute atomic E-state index is 8.95. The quantitative estimate of drug-likeness (QED) is 0.673. The lowest BCUT2D eigenvalue weighted by molar-refractivity contribution is 0.103. The highest BCUT2D eigenvalue weighted by atomic mass is 32.1. The lowest BCUT2D eigenvalue weighted by atomic mass is 10.2. The van der Waals surface area contributed by atoms with Crippen molar-refractivity contribution in [2.45, 2.75) is 20.4 Å². The molecule has 0 atom stereocenters. The van der Waals surface area contributed by atoms with Crippen molar-refractivity contribution in [3.05, 3.63) is 28.5 Å². The van der Waals surface area contributed by atoms with Crippen molar-refractivity contribution in [1.82, 2.24) is 9.55 Å². The van der Waals surface area contributed by atoms with Crippen LogP contribution in [0.3, 0.4) is 0 Å². The average Bonchev–Trinajstić information content (AvgIpc) is 2.69. The zero-order valence-corrected chi connectivity index (χ0v) is 12.0. The third kappa shape index (κ3) is 3.22. The number of ether oxygens (including phenoxy) is 1. The maximum atomic E-state index is 8.95. The standard InChI is InChI=1S/C14H17N3OS/c1-10(2)9-18-6-5-17-13-7-11(8-15)3-4-12(13)16-14(17)19/h3-4,7,10H,5-6,9H2,1-2H3,(H,16,19). The van der Waals surface area contributed by atoms with E-state index in [4.69, 9.17) is 22.2 Å². The number of nitrogens with one attached hydrogen (secondary N) is 1. The highest BCUT2D eigenvalue weighted by Crippen LogP contribution is 2.16. The van der Waals surface area contributed by atoms with Crippen LogP contribution in [0.4, 0.5) is 0 Å². The van der Waals surface area contributed by atoms with Gasteiger partial charge in [0.05, 0.1) is 29.3 Å². The summed E-state index contributed by atoms with van der Waals surface area (Å²) >= 11 is 5.30. The van der Waals surface area contributed by atoms with Crippen LogP contribution in [0, 0.1) is 22.0 Å². The van der Waals surface area contributed by atoms with Gasteiger partial charge in [-0.15, -0.1) is 0 Å². The molecule has 0 amide bonds. The van der Waals surface area contributed by atoms with Crippen LogP contribution in [0.5, 0.6) is 0 Å². The Balaban J connectivity index is 2.20. The van der Waals surface area contributed by atoms with Crippen LogP contribution in [0.15, 0.2) is 18.2 Å². The topological polar surface area (TPSA) is 53.7 Å². The second kappa shape index (κ2) is 6.00. The molecule has 19 heavy (non-hydrogen) atoms. The Hall–Kier alpha value is -1.64. The number of H-pyrrole nitrogens is 1. The molecule has 0 bridgehead atoms. The predicted octanol–water partition coefficient (Wildman–Crippen LogP) is 3.24. The molecule has 0 fully saturated rings. The maximum Gasteiger partial charge on any atom is 0.178 e. The first-order chi connectivity index (χ1) is 9.11. The molecule has 2 aromatic rings. The Morgan fingerprint density at radius 2 is 2.26 bits per heavy atom. The van der Waals surface area contributed by atoms with E-state index in [9.17, 15) is 0 Å². The highest BCUT2D eigenvalue weighted by Gasteiger charge is 2.05. The summed E-state index contributed by atoms with van der Waals surface area (Å²) in [6, 6.07) is 7.67. The smallest absolute Gasteiger partial charge is 0.178 e. The summed E-state index contributed by atoms with van der Waals surface area (Å²) in [6.45, 7) is 6.31. The van der Waals surface area contributed by atoms with Crippen LogP contribution in [0.1, 0.15) is 19.4 Å². The van der Waals surface area contributed by atoms with Gasteiger partial charge in [0.2, 0.25) is 0 Å². The summed E-state index contributed by atoms with van der Waals surface area (Å²) < 4.78 is 8.23. The second-order valence-electron chi connectivity index (χ2n) is 4.89. The Labute approximate surface area is 117 Å². The van der Waals surface area contributed by atoms with E-state index in [1.54, 1.807) is 6.07 Å².